The van der Waals surface area contributed by atoms with E-state index in [9.17, 15) is 18.7 Å². The summed E-state index contributed by atoms with van der Waals surface area (Å²) in [5.41, 5.74) is 5.47. The Morgan fingerprint density at radius 3 is 2.22 bits per heavy atom. The summed E-state index contributed by atoms with van der Waals surface area (Å²) in [5, 5.41) is 9.28. The summed E-state index contributed by atoms with van der Waals surface area (Å²) in [4.78, 5) is 26.8. The molecule has 4 aromatic rings. The summed E-state index contributed by atoms with van der Waals surface area (Å²) in [6.45, 7) is 3.48. The third-order valence-corrected chi connectivity index (χ3v) is 6.97. The Balaban J connectivity index is 1.36. The third kappa shape index (κ3) is 6.61. The van der Waals surface area contributed by atoms with Gasteiger partial charge in [-0.15, -0.1) is 11.3 Å². The van der Waals surface area contributed by atoms with Crippen LogP contribution in [0.3, 0.4) is 0 Å². The summed E-state index contributed by atoms with van der Waals surface area (Å²) in [7, 11) is 0. The van der Waals surface area contributed by atoms with Crippen molar-refractivity contribution in [2.24, 2.45) is 0 Å². The van der Waals surface area contributed by atoms with Crippen LogP contribution in [0.1, 0.15) is 34.2 Å². The average Bonchev–Trinajstić information content (AvgIpc) is 3.29. The average molecular weight is 524 g/mol. The Labute approximate surface area is 218 Å². The molecule has 2 aromatic heterocycles. The standard InChI is InChI=1S/C28H27F2N3O3S/c1-18-25(37-17-33-18)11-14-36-27-26(31-12-13-32-27)22-7-3-20(4-8-22)15-24(35)16-21-5-9-23(10-6-21)28(29,30)19(2)34/h3-10,12-13,17,19,34H,11,14-16H2,1-2H3. The Hall–Kier alpha value is -3.56. The fourth-order valence-corrected chi connectivity index (χ4v) is 4.58. The molecule has 0 saturated heterocycles. The number of aliphatic hydroxyl groups excluding tert-OH is 1. The molecule has 6 nitrogen and oxygen atoms in total. The van der Waals surface area contributed by atoms with Crippen LogP contribution in [-0.2, 0) is 30.0 Å². The molecule has 4 rings (SSSR count). The van der Waals surface area contributed by atoms with Gasteiger partial charge in [0, 0.05) is 47.7 Å². The molecule has 0 bridgehead atoms. The minimum Gasteiger partial charge on any atom is -0.476 e. The van der Waals surface area contributed by atoms with Crippen LogP contribution in [0.15, 0.2) is 66.4 Å². The number of rotatable bonds is 11. The SMILES string of the molecule is Cc1ncsc1CCOc1nccnc1-c1ccc(CC(=O)Cc2ccc(C(F)(F)C(C)O)cc2)cc1. The molecule has 0 radical (unpaired) electrons. The molecule has 0 saturated carbocycles. The van der Waals surface area contributed by atoms with Gasteiger partial charge in [0.15, 0.2) is 0 Å². The summed E-state index contributed by atoms with van der Waals surface area (Å²) < 4.78 is 33.8. The Morgan fingerprint density at radius 1 is 1.00 bits per heavy atom. The minimum absolute atomic E-state index is 0.0373. The number of halogens is 2. The number of carbonyl (C=O) groups excluding carboxylic acids is 1. The second-order valence-electron chi connectivity index (χ2n) is 8.75. The van der Waals surface area contributed by atoms with Crippen molar-refractivity contribution in [1.82, 2.24) is 15.0 Å². The van der Waals surface area contributed by atoms with E-state index in [-0.39, 0.29) is 24.2 Å². The maximum atomic E-state index is 13.9. The first kappa shape index (κ1) is 26.5. The number of aryl methyl sites for hydroxylation is 1. The van der Waals surface area contributed by atoms with E-state index in [0.717, 1.165) is 30.2 Å². The predicted octanol–water partition coefficient (Wildman–Crippen LogP) is 5.36. The molecule has 2 heterocycles. The van der Waals surface area contributed by atoms with Gasteiger partial charge in [0.2, 0.25) is 5.88 Å². The van der Waals surface area contributed by atoms with Crippen LogP contribution < -0.4 is 4.74 Å². The van der Waals surface area contributed by atoms with Crippen molar-refractivity contribution in [1.29, 1.82) is 0 Å². The molecule has 1 unspecified atom stereocenters. The lowest BCUT2D eigenvalue weighted by atomic mass is 9.98. The molecule has 9 heteroatoms. The van der Waals surface area contributed by atoms with Crippen LogP contribution in [0.5, 0.6) is 5.88 Å². The van der Waals surface area contributed by atoms with E-state index in [4.69, 9.17) is 4.74 Å². The second kappa shape index (κ2) is 11.7. The highest BCUT2D eigenvalue weighted by atomic mass is 32.1. The summed E-state index contributed by atoms with van der Waals surface area (Å²) >= 11 is 1.60. The van der Waals surface area contributed by atoms with Gasteiger partial charge in [0.1, 0.15) is 17.6 Å². The van der Waals surface area contributed by atoms with E-state index in [2.05, 4.69) is 15.0 Å². The molecule has 0 aliphatic carbocycles. The lowest BCUT2D eigenvalue weighted by molar-refractivity contribution is -0.117. The number of aromatic nitrogens is 3. The lowest BCUT2D eigenvalue weighted by Crippen LogP contribution is -2.27. The van der Waals surface area contributed by atoms with Crippen molar-refractivity contribution in [3.8, 4) is 17.1 Å². The molecule has 0 aliphatic heterocycles. The number of ketones is 1. The fraction of sp³-hybridized carbons (Fsp3) is 0.286. The van der Waals surface area contributed by atoms with Crippen LogP contribution in [-0.4, -0.2) is 38.6 Å². The number of nitrogens with zero attached hydrogens (tertiary/aromatic N) is 3. The highest BCUT2D eigenvalue weighted by molar-refractivity contribution is 7.09. The van der Waals surface area contributed by atoms with E-state index in [1.54, 1.807) is 23.7 Å². The number of ether oxygens (including phenoxy) is 1. The van der Waals surface area contributed by atoms with Crippen molar-refractivity contribution < 1.29 is 23.4 Å². The summed E-state index contributed by atoms with van der Waals surface area (Å²) in [6, 6.07) is 13.0. The highest BCUT2D eigenvalue weighted by Gasteiger charge is 2.37. The Morgan fingerprint density at radius 2 is 1.62 bits per heavy atom. The second-order valence-corrected chi connectivity index (χ2v) is 9.69. The van der Waals surface area contributed by atoms with Crippen molar-refractivity contribution in [3.63, 3.8) is 0 Å². The zero-order valence-electron chi connectivity index (χ0n) is 20.5. The first-order valence-corrected chi connectivity index (χ1v) is 12.7. The number of thiazole rings is 1. The molecule has 1 N–H and O–H groups in total. The smallest absolute Gasteiger partial charge is 0.298 e. The fourth-order valence-electron chi connectivity index (χ4n) is 3.82. The van der Waals surface area contributed by atoms with E-state index in [1.165, 1.54) is 29.1 Å². The Kier molecular flexibility index (Phi) is 8.35. The van der Waals surface area contributed by atoms with Gasteiger partial charge < -0.3 is 9.84 Å². The monoisotopic (exact) mass is 523 g/mol. The van der Waals surface area contributed by atoms with Crippen LogP contribution in [0.4, 0.5) is 8.78 Å². The van der Waals surface area contributed by atoms with Crippen LogP contribution in [0.25, 0.3) is 11.3 Å². The zero-order chi connectivity index (χ0) is 26.4. The molecule has 0 amide bonds. The van der Waals surface area contributed by atoms with Gasteiger partial charge in [-0.3, -0.25) is 4.79 Å². The number of carbonyl (C=O) groups is 1. The van der Waals surface area contributed by atoms with Crippen molar-refractivity contribution in [2.45, 2.75) is 45.1 Å². The van der Waals surface area contributed by atoms with Gasteiger partial charge in [0.25, 0.3) is 5.92 Å². The molecule has 0 spiro atoms. The molecule has 37 heavy (non-hydrogen) atoms. The van der Waals surface area contributed by atoms with Gasteiger partial charge in [-0.25, -0.2) is 15.0 Å². The van der Waals surface area contributed by atoms with E-state index >= 15 is 0 Å². The number of benzene rings is 2. The lowest BCUT2D eigenvalue weighted by Gasteiger charge is -2.19. The largest absolute Gasteiger partial charge is 0.476 e. The first-order chi connectivity index (χ1) is 17.7. The number of aliphatic hydroxyl groups is 1. The number of hydrogen-bond acceptors (Lipinski definition) is 7. The van der Waals surface area contributed by atoms with Gasteiger partial charge >= 0.3 is 0 Å². The molecule has 0 aliphatic rings. The summed E-state index contributed by atoms with van der Waals surface area (Å²) in [6.07, 6.45) is 2.48. The molecule has 1 atom stereocenters. The molecular formula is C28H27F2N3O3S. The van der Waals surface area contributed by atoms with Crippen molar-refractivity contribution in [3.05, 3.63) is 93.7 Å². The van der Waals surface area contributed by atoms with Gasteiger partial charge in [-0.05, 0) is 25.0 Å². The van der Waals surface area contributed by atoms with Crippen LogP contribution in [0, 0.1) is 6.92 Å². The van der Waals surface area contributed by atoms with Crippen molar-refractivity contribution in [2.75, 3.05) is 6.61 Å². The normalized spacial score (nSPS) is 12.4. The van der Waals surface area contributed by atoms with E-state index in [0.29, 0.717) is 23.7 Å². The maximum absolute atomic E-state index is 13.9. The van der Waals surface area contributed by atoms with Crippen LogP contribution >= 0.6 is 11.3 Å². The summed E-state index contributed by atoms with van der Waals surface area (Å²) in [5.74, 6) is -2.93. The number of alkyl halides is 2. The molecule has 2 aromatic carbocycles. The van der Waals surface area contributed by atoms with E-state index < -0.39 is 12.0 Å². The molecule has 192 valence electrons. The van der Waals surface area contributed by atoms with Gasteiger partial charge in [-0.1, -0.05) is 48.5 Å². The highest BCUT2D eigenvalue weighted by Crippen LogP contribution is 2.32. The Bertz CT molecular complexity index is 1340. The molecule has 0 fully saturated rings. The first-order valence-electron chi connectivity index (χ1n) is 11.8. The third-order valence-electron chi connectivity index (χ3n) is 5.97. The molecular weight excluding hydrogens is 496 g/mol. The minimum atomic E-state index is -3.33. The quantitative estimate of drug-likeness (QED) is 0.285. The zero-order valence-corrected chi connectivity index (χ0v) is 21.3. The van der Waals surface area contributed by atoms with Gasteiger partial charge in [-0.2, -0.15) is 8.78 Å². The van der Waals surface area contributed by atoms with E-state index in [1.807, 2.05) is 36.7 Å². The van der Waals surface area contributed by atoms with Gasteiger partial charge in [0.05, 0.1) is 17.8 Å². The predicted molar refractivity (Wildman–Crippen MR) is 138 cm³/mol. The number of Topliss-reactive ketones (excluding diaryl/α,β-unsaturated/α-hetero) is 1. The number of hydrogen-bond donors (Lipinski definition) is 1. The maximum Gasteiger partial charge on any atom is 0.298 e. The topological polar surface area (TPSA) is 85.2 Å². The van der Waals surface area contributed by atoms with Crippen molar-refractivity contribution >= 4 is 17.1 Å². The van der Waals surface area contributed by atoms with Crippen LogP contribution in [0.2, 0.25) is 0 Å².